The van der Waals surface area contributed by atoms with Crippen LogP contribution in [0.25, 0.3) is 22.4 Å². The van der Waals surface area contributed by atoms with Gasteiger partial charge < -0.3 is 15.6 Å². The molecule has 5 nitrogen and oxygen atoms in total. The van der Waals surface area contributed by atoms with Crippen molar-refractivity contribution in [1.82, 2.24) is 20.3 Å². The maximum absolute atomic E-state index is 13.4. The number of imidazole rings is 1. The minimum absolute atomic E-state index is 0.404. The molecule has 0 bridgehead atoms. The highest BCUT2D eigenvalue weighted by molar-refractivity contribution is 5.80. The Balaban J connectivity index is 1.61. The topological polar surface area (TPSA) is 65.6 Å². The molecule has 3 heterocycles. The standard InChI is InChI=1S/C17H17F2N5/c18-12-2-1-10(7-13(12)19)17-23-14-8-16(21-9-15(14)24-17)22-11-3-5-20-6-4-11/h1-2,7-9,11,20H,3-6H2,(H,21,22)(H,23,24). The SMILES string of the molecule is Fc1ccc(-c2nc3cc(NC4CCNCC4)ncc3[nH]2)cc1F. The second-order valence-corrected chi connectivity index (χ2v) is 5.97. The van der Waals surface area contributed by atoms with Gasteiger partial charge in [0.25, 0.3) is 0 Å². The summed E-state index contributed by atoms with van der Waals surface area (Å²) in [5.41, 5.74) is 1.99. The zero-order valence-electron chi connectivity index (χ0n) is 12.9. The van der Waals surface area contributed by atoms with Gasteiger partial charge >= 0.3 is 0 Å². The molecule has 3 aromatic rings. The van der Waals surface area contributed by atoms with Crippen LogP contribution < -0.4 is 10.6 Å². The number of piperidine rings is 1. The fraction of sp³-hybridized carbons (Fsp3) is 0.294. The summed E-state index contributed by atoms with van der Waals surface area (Å²) in [6.45, 7) is 2.01. The Bertz CT molecular complexity index is 871. The van der Waals surface area contributed by atoms with Crippen molar-refractivity contribution >= 4 is 16.9 Å². The molecule has 1 aliphatic heterocycles. The summed E-state index contributed by atoms with van der Waals surface area (Å²) in [6, 6.07) is 6.00. The van der Waals surface area contributed by atoms with Crippen LogP contribution >= 0.6 is 0 Å². The van der Waals surface area contributed by atoms with E-state index in [1.165, 1.54) is 6.07 Å². The molecule has 1 saturated heterocycles. The van der Waals surface area contributed by atoms with E-state index in [4.69, 9.17) is 0 Å². The number of nitrogens with one attached hydrogen (secondary N) is 3. The summed E-state index contributed by atoms with van der Waals surface area (Å²) in [6.07, 6.45) is 3.82. The third kappa shape index (κ3) is 2.94. The van der Waals surface area contributed by atoms with E-state index in [2.05, 4.69) is 25.6 Å². The Hall–Kier alpha value is -2.54. The fourth-order valence-electron chi connectivity index (χ4n) is 2.94. The summed E-state index contributed by atoms with van der Waals surface area (Å²) < 4.78 is 26.5. The zero-order valence-corrected chi connectivity index (χ0v) is 12.9. The van der Waals surface area contributed by atoms with Gasteiger partial charge in [0, 0.05) is 17.7 Å². The van der Waals surface area contributed by atoms with Crippen molar-refractivity contribution in [2.24, 2.45) is 0 Å². The van der Waals surface area contributed by atoms with Gasteiger partial charge in [-0.3, -0.25) is 0 Å². The number of hydrogen-bond acceptors (Lipinski definition) is 4. The molecule has 1 aromatic carbocycles. The Labute approximate surface area is 137 Å². The van der Waals surface area contributed by atoms with Crippen molar-refractivity contribution in [3.8, 4) is 11.4 Å². The van der Waals surface area contributed by atoms with E-state index in [0.29, 0.717) is 17.4 Å². The molecule has 0 aliphatic carbocycles. The lowest BCUT2D eigenvalue weighted by atomic mass is 10.1. The Kier molecular flexibility index (Phi) is 3.86. The lowest BCUT2D eigenvalue weighted by Crippen LogP contribution is -2.35. The van der Waals surface area contributed by atoms with Crippen LogP contribution in [-0.2, 0) is 0 Å². The van der Waals surface area contributed by atoms with Crippen molar-refractivity contribution < 1.29 is 8.78 Å². The monoisotopic (exact) mass is 329 g/mol. The molecule has 0 radical (unpaired) electrons. The summed E-state index contributed by atoms with van der Waals surface area (Å²) in [7, 11) is 0. The molecule has 124 valence electrons. The first-order valence-electron chi connectivity index (χ1n) is 7.97. The van der Waals surface area contributed by atoms with Crippen molar-refractivity contribution in [3.63, 3.8) is 0 Å². The van der Waals surface area contributed by atoms with Crippen molar-refractivity contribution in [3.05, 3.63) is 42.1 Å². The molecule has 0 amide bonds. The highest BCUT2D eigenvalue weighted by Gasteiger charge is 2.14. The highest BCUT2D eigenvalue weighted by Crippen LogP contribution is 2.23. The zero-order chi connectivity index (χ0) is 16.5. The van der Waals surface area contributed by atoms with Crippen LogP contribution in [0.4, 0.5) is 14.6 Å². The third-order valence-corrected chi connectivity index (χ3v) is 4.25. The van der Waals surface area contributed by atoms with Crippen LogP contribution in [0, 0.1) is 11.6 Å². The van der Waals surface area contributed by atoms with Crippen LogP contribution in [0.3, 0.4) is 0 Å². The number of halogens is 2. The molecule has 0 atom stereocenters. The summed E-state index contributed by atoms with van der Waals surface area (Å²) >= 11 is 0. The number of benzene rings is 1. The van der Waals surface area contributed by atoms with Gasteiger partial charge in [0.2, 0.25) is 0 Å². The number of nitrogens with zero attached hydrogens (tertiary/aromatic N) is 2. The van der Waals surface area contributed by atoms with E-state index in [1.807, 2.05) is 6.07 Å². The smallest absolute Gasteiger partial charge is 0.159 e. The minimum Gasteiger partial charge on any atom is -0.367 e. The molecule has 2 aromatic heterocycles. The molecule has 24 heavy (non-hydrogen) atoms. The van der Waals surface area contributed by atoms with Crippen LogP contribution in [0.1, 0.15) is 12.8 Å². The lowest BCUT2D eigenvalue weighted by molar-refractivity contribution is 0.478. The van der Waals surface area contributed by atoms with E-state index < -0.39 is 11.6 Å². The molecule has 0 spiro atoms. The number of pyridine rings is 1. The molecule has 0 saturated carbocycles. The highest BCUT2D eigenvalue weighted by atomic mass is 19.2. The average molecular weight is 329 g/mol. The van der Waals surface area contributed by atoms with E-state index >= 15 is 0 Å². The number of aromatic nitrogens is 3. The van der Waals surface area contributed by atoms with Gasteiger partial charge in [0.1, 0.15) is 11.6 Å². The first kappa shape index (κ1) is 15.0. The Morgan fingerprint density at radius 1 is 1.08 bits per heavy atom. The van der Waals surface area contributed by atoms with E-state index in [1.54, 1.807) is 6.20 Å². The van der Waals surface area contributed by atoms with Crippen LogP contribution in [0.15, 0.2) is 30.5 Å². The number of aromatic amines is 1. The van der Waals surface area contributed by atoms with Gasteiger partial charge in [0.05, 0.1) is 17.2 Å². The van der Waals surface area contributed by atoms with Crippen molar-refractivity contribution in [1.29, 1.82) is 0 Å². The summed E-state index contributed by atoms with van der Waals surface area (Å²) in [5.74, 6) is -0.494. The summed E-state index contributed by atoms with van der Waals surface area (Å²) in [5, 5.41) is 6.75. The van der Waals surface area contributed by atoms with Crippen LogP contribution in [-0.4, -0.2) is 34.1 Å². The molecule has 4 rings (SSSR count). The maximum Gasteiger partial charge on any atom is 0.159 e. The molecule has 1 aliphatic rings. The molecular weight excluding hydrogens is 312 g/mol. The first-order chi connectivity index (χ1) is 11.7. The van der Waals surface area contributed by atoms with E-state index in [9.17, 15) is 8.78 Å². The van der Waals surface area contributed by atoms with Gasteiger partial charge in [-0.05, 0) is 44.1 Å². The van der Waals surface area contributed by atoms with Gasteiger partial charge in [-0.1, -0.05) is 0 Å². The van der Waals surface area contributed by atoms with E-state index in [-0.39, 0.29) is 0 Å². The predicted molar refractivity (Wildman–Crippen MR) is 88.8 cm³/mol. The van der Waals surface area contributed by atoms with Crippen LogP contribution in [0.2, 0.25) is 0 Å². The van der Waals surface area contributed by atoms with Crippen molar-refractivity contribution in [2.45, 2.75) is 18.9 Å². The van der Waals surface area contributed by atoms with Gasteiger partial charge in [-0.15, -0.1) is 0 Å². The molecule has 1 fully saturated rings. The lowest BCUT2D eigenvalue weighted by Gasteiger charge is -2.24. The molecule has 3 N–H and O–H groups in total. The number of hydrogen-bond donors (Lipinski definition) is 3. The number of rotatable bonds is 3. The average Bonchev–Trinajstić information content (AvgIpc) is 3.01. The molecule has 0 unspecified atom stereocenters. The second kappa shape index (κ2) is 6.16. The third-order valence-electron chi connectivity index (χ3n) is 4.25. The van der Waals surface area contributed by atoms with Crippen LogP contribution in [0.5, 0.6) is 0 Å². The Morgan fingerprint density at radius 3 is 2.71 bits per heavy atom. The number of fused-ring (bicyclic) bond motifs is 1. The van der Waals surface area contributed by atoms with E-state index in [0.717, 1.165) is 54.9 Å². The minimum atomic E-state index is -0.889. The van der Waals surface area contributed by atoms with Crippen molar-refractivity contribution in [2.75, 3.05) is 18.4 Å². The van der Waals surface area contributed by atoms with Gasteiger partial charge in [0.15, 0.2) is 11.6 Å². The normalized spacial score (nSPS) is 15.8. The molecule has 7 heteroatoms. The first-order valence-corrected chi connectivity index (χ1v) is 7.97. The predicted octanol–water partition coefficient (Wildman–Crippen LogP) is 3.07. The number of anilines is 1. The number of H-pyrrole nitrogens is 1. The quantitative estimate of drug-likeness (QED) is 0.691. The summed E-state index contributed by atoms with van der Waals surface area (Å²) in [4.78, 5) is 12.0. The maximum atomic E-state index is 13.4. The Morgan fingerprint density at radius 2 is 1.92 bits per heavy atom. The second-order valence-electron chi connectivity index (χ2n) is 5.97. The van der Waals surface area contributed by atoms with Gasteiger partial charge in [-0.25, -0.2) is 18.7 Å². The van der Waals surface area contributed by atoms with Gasteiger partial charge in [-0.2, -0.15) is 0 Å². The fourth-order valence-corrected chi connectivity index (χ4v) is 2.94. The molecular formula is C17H17F2N5. The largest absolute Gasteiger partial charge is 0.367 e.